The predicted octanol–water partition coefficient (Wildman–Crippen LogP) is 0.642. The Bertz CT molecular complexity index is 208. The van der Waals surface area contributed by atoms with E-state index >= 15 is 0 Å². The smallest absolute Gasteiger partial charge is 0.223 e. The molecule has 1 unspecified atom stereocenters. The Balaban J connectivity index is 2.38. The number of aliphatic hydroxyl groups excluding tert-OH is 1. The number of likely N-dealkylation sites (tertiary alicyclic amines) is 1. The second kappa shape index (κ2) is 6.08. The fourth-order valence-electron chi connectivity index (χ4n) is 2.11. The highest BCUT2D eigenvalue weighted by Gasteiger charge is 2.28. The number of aliphatic hydroxyl groups is 1. The first-order valence-electron chi connectivity index (χ1n) is 5.58. The third kappa shape index (κ3) is 3.47. The zero-order valence-corrected chi connectivity index (χ0v) is 9.61. The quantitative estimate of drug-likeness (QED) is 0.732. The average molecular weight is 215 g/mol. The molecule has 0 aromatic rings. The molecule has 0 aliphatic carbocycles. The highest BCUT2D eigenvalue weighted by molar-refractivity contribution is 5.77. The molecule has 4 heteroatoms. The van der Waals surface area contributed by atoms with E-state index in [0.717, 1.165) is 19.4 Å². The van der Waals surface area contributed by atoms with Gasteiger partial charge >= 0.3 is 0 Å². The van der Waals surface area contributed by atoms with Gasteiger partial charge in [-0.15, -0.1) is 0 Å². The van der Waals surface area contributed by atoms with Crippen LogP contribution in [0.3, 0.4) is 0 Å². The third-order valence-corrected chi connectivity index (χ3v) is 2.88. The van der Waals surface area contributed by atoms with Crippen molar-refractivity contribution in [2.75, 3.05) is 26.9 Å². The Kier molecular flexibility index (Phi) is 5.05. The van der Waals surface area contributed by atoms with Gasteiger partial charge in [0.2, 0.25) is 5.91 Å². The van der Waals surface area contributed by atoms with Crippen LogP contribution < -0.4 is 0 Å². The van der Waals surface area contributed by atoms with Crippen LogP contribution in [0.25, 0.3) is 0 Å². The SMILES string of the molecule is COCC(C)CC(=O)N1CCC[C@@H]1CO. The summed E-state index contributed by atoms with van der Waals surface area (Å²) >= 11 is 0. The van der Waals surface area contributed by atoms with E-state index in [1.54, 1.807) is 7.11 Å². The standard InChI is InChI=1S/C11H21NO3/c1-9(8-15-2)6-11(14)12-5-3-4-10(12)7-13/h9-10,13H,3-8H2,1-2H3/t9?,10-/m1/s1. The van der Waals surface area contributed by atoms with E-state index in [1.165, 1.54) is 0 Å². The summed E-state index contributed by atoms with van der Waals surface area (Å²) in [5.74, 6) is 0.401. The van der Waals surface area contributed by atoms with Crippen LogP contribution in [-0.2, 0) is 9.53 Å². The van der Waals surface area contributed by atoms with Gasteiger partial charge in [-0.2, -0.15) is 0 Å². The molecule has 4 nitrogen and oxygen atoms in total. The lowest BCUT2D eigenvalue weighted by Crippen LogP contribution is -2.38. The molecule has 15 heavy (non-hydrogen) atoms. The van der Waals surface area contributed by atoms with Crippen molar-refractivity contribution < 1.29 is 14.6 Å². The normalized spacial score (nSPS) is 23.1. The molecule has 1 rings (SSSR count). The molecule has 1 N–H and O–H groups in total. The topological polar surface area (TPSA) is 49.8 Å². The van der Waals surface area contributed by atoms with Crippen LogP contribution in [0.1, 0.15) is 26.2 Å². The van der Waals surface area contributed by atoms with Crippen molar-refractivity contribution in [1.82, 2.24) is 4.90 Å². The van der Waals surface area contributed by atoms with E-state index in [4.69, 9.17) is 9.84 Å². The van der Waals surface area contributed by atoms with Crippen molar-refractivity contribution in [2.45, 2.75) is 32.2 Å². The Labute approximate surface area is 91.2 Å². The maximum atomic E-state index is 11.9. The van der Waals surface area contributed by atoms with Gasteiger partial charge in [0, 0.05) is 26.7 Å². The fraction of sp³-hybridized carbons (Fsp3) is 0.909. The van der Waals surface area contributed by atoms with Crippen molar-refractivity contribution >= 4 is 5.91 Å². The fourth-order valence-corrected chi connectivity index (χ4v) is 2.11. The summed E-state index contributed by atoms with van der Waals surface area (Å²) < 4.78 is 5.00. The summed E-state index contributed by atoms with van der Waals surface area (Å²) in [6.45, 7) is 3.50. The van der Waals surface area contributed by atoms with Crippen LogP contribution in [0.5, 0.6) is 0 Å². The number of carbonyl (C=O) groups excluding carboxylic acids is 1. The van der Waals surface area contributed by atoms with Gasteiger partial charge in [0.1, 0.15) is 0 Å². The number of methoxy groups -OCH3 is 1. The van der Waals surface area contributed by atoms with Gasteiger partial charge in [-0.05, 0) is 18.8 Å². The Morgan fingerprint density at radius 3 is 3.00 bits per heavy atom. The highest BCUT2D eigenvalue weighted by atomic mass is 16.5. The summed E-state index contributed by atoms with van der Waals surface area (Å²) in [7, 11) is 1.65. The highest BCUT2D eigenvalue weighted by Crippen LogP contribution is 2.19. The van der Waals surface area contributed by atoms with Crippen LogP contribution in [0, 0.1) is 5.92 Å². The van der Waals surface area contributed by atoms with E-state index in [-0.39, 0.29) is 24.5 Å². The molecule has 1 amide bonds. The molecular weight excluding hydrogens is 194 g/mol. The van der Waals surface area contributed by atoms with Crippen molar-refractivity contribution in [1.29, 1.82) is 0 Å². The monoisotopic (exact) mass is 215 g/mol. The minimum Gasteiger partial charge on any atom is -0.394 e. The molecule has 1 saturated heterocycles. The van der Waals surface area contributed by atoms with Gasteiger partial charge in [-0.1, -0.05) is 6.92 Å². The molecule has 0 aromatic carbocycles. The van der Waals surface area contributed by atoms with Gasteiger partial charge in [0.05, 0.1) is 12.6 Å². The molecule has 0 spiro atoms. The molecule has 1 fully saturated rings. The summed E-state index contributed by atoms with van der Waals surface area (Å²) in [5, 5.41) is 9.10. The number of rotatable bonds is 5. The van der Waals surface area contributed by atoms with E-state index in [0.29, 0.717) is 13.0 Å². The zero-order chi connectivity index (χ0) is 11.3. The number of nitrogens with zero attached hydrogens (tertiary/aromatic N) is 1. The predicted molar refractivity (Wildman–Crippen MR) is 57.5 cm³/mol. The number of ether oxygens (including phenoxy) is 1. The molecule has 1 aliphatic heterocycles. The molecule has 1 heterocycles. The molecule has 0 saturated carbocycles. The molecule has 2 atom stereocenters. The van der Waals surface area contributed by atoms with E-state index in [2.05, 4.69) is 0 Å². The van der Waals surface area contributed by atoms with Crippen LogP contribution >= 0.6 is 0 Å². The summed E-state index contributed by atoms with van der Waals surface area (Å²) in [5.41, 5.74) is 0. The molecular formula is C11H21NO3. The molecule has 0 radical (unpaired) electrons. The lowest BCUT2D eigenvalue weighted by Gasteiger charge is -2.24. The minimum atomic E-state index is 0.0484. The number of amides is 1. The van der Waals surface area contributed by atoms with E-state index in [1.807, 2.05) is 11.8 Å². The second-order valence-corrected chi connectivity index (χ2v) is 4.33. The Morgan fingerprint density at radius 1 is 1.67 bits per heavy atom. The van der Waals surface area contributed by atoms with Gasteiger partial charge < -0.3 is 14.7 Å². The lowest BCUT2D eigenvalue weighted by molar-refractivity contribution is -0.134. The number of hydrogen-bond acceptors (Lipinski definition) is 3. The Hall–Kier alpha value is -0.610. The van der Waals surface area contributed by atoms with Crippen LogP contribution in [-0.4, -0.2) is 48.8 Å². The van der Waals surface area contributed by atoms with Gasteiger partial charge in [0.15, 0.2) is 0 Å². The molecule has 0 bridgehead atoms. The maximum Gasteiger partial charge on any atom is 0.223 e. The van der Waals surface area contributed by atoms with Crippen molar-refractivity contribution in [3.8, 4) is 0 Å². The minimum absolute atomic E-state index is 0.0484. The number of hydrogen-bond donors (Lipinski definition) is 1. The summed E-state index contributed by atoms with van der Waals surface area (Å²) in [6.07, 6.45) is 2.46. The molecule has 0 aromatic heterocycles. The zero-order valence-electron chi connectivity index (χ0n) is 9.61. The lowest BCUT2D eigenvalue weighted by atomic mass is 10.1. The maximum absolute atomic E-state index is 11.9. The number of carbonyl (C=O) groups is 1. The first-order chi connectivity index (χ1) is 7.19. The van der Waals surface area contributed by atoms with Gasteiger partial charge in [0.25, 0.3) is 0 Å². The van der Waals surface area contributed by atoms with Crippen molar-refractivity contribution in [2.24, 2.45) is 5.92 Å². The molecule has 1 aliphatic rings. The average Bonchev–Trinajstić information content (AvgIpc) is 2.65. The first kappa shape index (κ1) is 12.5. The van der Waals surface area contributed by atoms with E-state index in [9.17, 15) is 4.79 Å². The van der Waals surface area contributed by atoms with E-state index < -0.39 is 0 Å². The van der Waals surface area contributed by atoms with Gasteiger partial charge in [-0.3, -0.25) is 4.79 Å². The summed E-state index contributed by atoms with van der Waals surface area (Å²) in [4.78, 5) is 13.7. The van der Waals surface area contributed by atoms with Crippen molar-refractivity contribution in [3.63, 3.8) is 0 Å². The third-order valence-electron chi connectivity index (χ3n) is 2.88. The second-order valence-electron chi connectivity index (χ2n) is 4.33. The molecule has 88 valence electrons. The van der Waals surface area contributed by atoms with Crippen molar-refractivity contribution in [3.05, 3.63) is 0 Å². The van der Waals surface area contributed by atoms with Crippen LogP contribution in [0.2, 0.25) is 0 Å². The van der Waals surface area contributed by atoms with Gasteiger partial charge in [-0.25, -0.2) is 0 Å². The largest absolute Gasteiger partial charge is 0.394 e. The van der Waals surface area contributed by atoms with Crippen LogP contribution in [0.15, 0.2) is 0 Å². The van der Waals surface area contributed by atoms with Crippen LogP contribution in [0.4, 0.5) is 0 Å². The Morgan fingerprint density at radius 2 is 2.40 bits per heavy atom. The summed E-state index contributed by atoms with van der Waals surface area (Å²) in [6, 6.07) is 0.0484. The first-order valence-corrected chi connectivity index (χ1v) is 5.58.